The number of aromatic nitrogens is 1. The first-order chi connectivity index (χ1) is 8.25. The predicted molar refractivity (Wildman–Crippen MR) is 76.7 cm³/mol. The Morgan fingerprint density at radius 1 is 1.28 bits per heavy atom. The number of benzene rings is 1. The summed E-state index contributed by atoms with van der Waals surface area (Å²) in [5, 5.41) is 14.2. The van der Waals surface area contributed by atoms with Crippen molar-refractivity contribution in [3.63, 3.8) is 0 Å². The Morgan fingerprint density at radius 2 is 2.00 bits per heavy atom. The predicted octanol–water partition coefficient (Wildman–Crippen LogP) is 2.77. The van der Waals surface area contributed by atoms with Gasteiger partial charge < -0.3 is 15.0 Å². The summed E-state index contributed by atoms with van der Waals surface area (Å²) in [6.07, 6.45) is 4.60. The maximum atomic E-state index is 9.64. The van der Waals surface area contributed by atoms with Gasteiger partial charge in [-0.2, -0.15) is 0 Å². The highest BCUT2D eigenvalue weighted by atomic mass is 35.5. The van der Waals surface area contributed by atoms with Crippen LogP contribution >= 0.6 is 12.4 Å². The average molecular weight is 267 g/mol. The standard InChI is InChI=1S/C14H18N2O.ClH/c1-16-9-13(10-4-6-15-7-5-10)12-8-11(17)2-3-14(12)16;/h2-3,8-10,15,17H,4-7H2,1H3;1H. The van der Waals surface area contributed by atoms with Crippen molar-refractivity contribution in [3.05, 3.63) is 30.0 Å². The Kier molecular flexibility index (Phi) is 3.83. The molecule has 98 valence electrons. The molecule has 1 fully saturated rings. The molecular formula is C14H19ClN2O. The molecule has 3 rings (SSSR count). The van der Waals surface area contributed by atoms with E-state index in [1.807, 2.05) is 12.1 Å². The zero-order valence-electron chi connectivity index (χ0n) is 10.5. The number of aryl methyl sites for hydroxylation is 1. The van der Waals surface area contributed by atoms with Crippen LogP contribution in [0.2, 0.25) is 0 Å². The Labute approximate surface area is 113 Å². The molecule has 0 amide bonds. The van der Waals surface area contributed by atoms with Crippen molar-refractivity contribution in [3.8, 4) is 5.75 Å². The van der Waals surface area contributed by atoms with Gasteiger partial charge in [-0.3, -0.25) is 0 Å². The SMILES string of the molecule is Cl.Cn1cc(C2CCNCC2)c2cc(O)ccc21. The fourth-order valence-corrected chi connectivity index (χ4v) is 2.87. The second-order valence-electron chi connectivity index (χ2n) is 4.92. The molecule has 18 heavy (non-hydrogen) atoms. The lowest BCUT2D eigenvalue weighted by atomic mass is 9.90. The number of piperidine rings is 1. The van der Waals surface area contributed by atoms with E-state index in [0.29, 0.717) is 11.7 Å². The number of hydrogen-bond donors (Lipinski definition) is 2. The van der Waals surface area contributed by atoms with E-state index in [4.69, 9.17) is 0 Å². The number of rotatable bonds is 1. The van der Waals surface area contributed by atoms with Crippen molar-refractivity contribution in [1.29, 1.82) is 0 Å². The van der Waals surface area contributed by atoms with Crippen LogP contribution in [-0.4, -0.2) is 22.8 Å². The molecule has 1 aromatic heterocycles. The average Bonchev–Trinajstić information content (AvgIpc) is 2.67. The van der Waals surface area contributed by atoms with Gasteiger partial charge in [-0.1, -0.05) is 0 Å². The number of nitrogens with zero attached hydrogens (tertiary/aromatic N) is 1. The van der Waals surface area contributed by atoms with Gasteiger partial charge in [0.05, 0.1) is 0 Å². The molecule has 1 saturated heterocycles. The van der Waals surface area contributed by atoms with Crippen LogP contribution in [0.3, 0.4) is 0 Å². The lowest BCUT2D eigenvalue weighted by molar-refractivity contribution is 0.461. The molecule has 0 bridgehead atoms. The van der Waals surface area contributed by atoms with Crippen LogP contribution < -0.4 is 5.32 Å². The topological polar surface area (TPSA) is 37.2 Å². The minimum atomic E-state index is 0. The molecule has 1 aliphatic heterocycles. The van der Waals surface area contributed by atoms with E-state index in [0.717, 1.165) is 13.1 Å². The monoisotopic (exact) mass is 266 g/mol. The summed E-state index contributed by atoms with van der Waals surface area (Å²) < 4.78 is 2.16. The maximum absolute atomic E-state index is 9.64. The second kappa shape index (κ2) is 5.21. The molecule has 0 saturated carbocycles. The van der Waals surface area contributed by atoms with Crippen LogP contribution in [0.15, 0.2) is 24.4 Å². The molecule has 2 N–H and O–H groups in total. The zero-order valence-corrected chi connectivity index (χ0v) is 11.3. The van der Waals surface area contributed by atoms with Gasteiger partial charge in [-0.05, 0) is 55.6 Å². The third-order valence-corrected chi connectivity index (χ3v) is 3.78. The fourth-order valence-electron chi connectivity index (χ4n) is 2.87. The Morgan fingerprint density at radius 3 is 2.72 bits per heavy atom. The third-order valence-electron chi connectivity index (χ3n) is 3.78. The van der Waals surface area contributed by atoms with Crippen LogP contribution in [0.25, 0.3) is 10.9 Å². The van der Waals surface area contributed by atoms with Crippen molar-refractivity contribution in [2.24, 2.45) is 7.05 Å². The molecule has 4 heteroatoms. The lowest BCUT2D eigenvalue weighted by Gasteiger charge is -2.22. The molecule has 2 aromatic rings. The van der Waals surface area contributed by atoms with E-state index >= 15 is 0 Å². The Bertz CT molecular complexity index is 544. The van der Waals surface area contributed by atoms with E-state index in [-0.39, 0.29) is 12.4 Å². The van der Waals surface area contributed by atoms with E-state index in [9.17, 15) is 5.11 Å². The zero-order chi connectivity index (χ0) is 11.8. The summed E-state index contributed by atoms with van der Waals surface area (Å²) in [5.74, 6) is 0.987. The number of aromatic hydroxyl groups is 1. The van der Waals surface area contributed by atoms with Crippen molar-refractivity contribution in [2.75, 3.05) is 13.1 Å². The molecule has 0 unspecified atom stereocenters. The summed E-state index contributed by atoms with van der Waals surface area (Å²) in [4.78, 5) is 0. The van der Waals surface area contributed by atoms with Gasteiger partial charge in [0.25, 0.3) is 0 Å². The molecule has 0 atom stereocenters. The van der Waals surface area contributed by atoms with Crippen molar-refractivity contribution in [2.45, 2.75) is 18.8 Å². The first-order valence-electron chi connectivity index (χ1n) is 6.24. The lowest BCUT2D eigenvalue weighted by Crippen LogP contribution is -2.26. The quantitative estimate of drug-likeness (QED) is 0.833. The number of phenolic OH excluding ortho intramolecular Hbond substituents is 1. The van der Waals surface area contributed by atoms with Crippen LogP contribution in [0.1, 0.15) is 24.3 Å². The molecular weight excluding hydrogens is 248 g/mol. The van der Waals surface area contributed by atoms with Gasteiger partial charge in [0.1, 0.15) is 5.75 Å². The second-order valence-corrected chi connectivity index (χ2v) is 4.92. The van der Waals surface area contributed by atoms with Gasteiger partial charge in [0.2, 0.25) is 0 Å². The molecule has 1 aromatic carbocycles. The summed E-state index contributed by atoms with van der Waals surface area (Å²) in [5.41, 5.74) is 2.59. The van der Waals surface area contributed by atoms with Crippen LogP contribution in [0.4, 0.5) is 0 Å². The summed E-state index contributed by atoms with van der Waals surface area (Å²) in [7, 11) is 2.07. The van der Waals surface area contributed by atoms with Crippen molar-refractivity contribution < 1.29 is 5.11 Å². The molecule has 2 heterocycles. The number of phenols is 1. The van der Waals surface area contributed by atoms with Gasteiger partial charge in [-0.15, -0.1) is 12.4 Å². The molecule has 0 aliphatic carbocycles. The Hall–Kier alpha value is -1.19. The fraction of sp³-hybridized carbons (Fsp3) is 0.429. The third kappa shape index (κ3) is 2.20. The highest BCUT2D eigenvalue weighted by Crippen LogP contribution is 2.34. The van der Waals surface area contributed by atoms with E-state index < -0.39 is 0 Å². The van der Waals surface area contributed by atoms with Gasteiger partial charge in [-0.25, -0.2) is 0 Å². The van der Waals surface area contributed by atoms with Crippen LogP contribution in [0, 0.1) is 0 Å². The highest BCUT2D eigenvalue weighted by molar-refractivity contribution is 5.86. The van der Waals surface area contributed by atoms with E-state index in [1.165, 1.54) is 29.3 Å². The molecule has 1 aliphatic rings. The maximum Gasteiger partial charge on any atom is 0.116 e. The van der Waals surface area contributed by atoms with Crippen LogP contribution in [-0.2, 0) is 7.05 Å². The summed E-state index contributed by atoms with van der Waals surface area (Å²) in [6, 6.07) is 5.65. The number of nitrogens with one attached hydrogen (secondary N) is 1. The normalized spacial score (nSPS) is 16.7. The first-order valence-corrected chi connectivity index (χ1v) is 6.24. The van der Waals surface area contributed by atoms with Gasteiger partial charge in [0.15, 0.2) is 0 Å². The van der Waals surface area contributed by atoms with Crippen molar-refractivity contribution in [1.82, 2.24) is 9.88 Å². The van der Waals surface area contributed by atoms with Crippen molar-refractivity contribution >= 4 is 23.3 Å². The van der Waals surface area contributed by atoms with E-state index in [1.54, 1.807) is 6.07 Å². The minimum Gasteiger partial charge on any atom is -0.508 e. The summed E-state index contributed by atoms with van der Waals surface area (Å²) in [6.45, 7) is 2.19. The largest absolute Gasteiger partial charge is 0.508 e. The molecule has 0 radical (unpaired) electrons. The highest BCUT2D eigenvalue weighted by Gasteiger charge is 2.19. The van der Waals surface area contributed by atoms with Crippen LogP contribution in [0.5, 0.6) is 5.75 Å². The number of hydrogen-bond acceptors (Lipinski definition) is 2. The first kappa shape index (κ1) is 13.2. The molecule has 3 nitrogen and oxygen atoms in total. The summed E-state index contributed by atoms with van der Waals surface area (Å²) >= 11 is 0. The smallest absolute Gasteiger partial charge is 0.116 e. The number of halogens is 1. The van der Waals surface area contributed by atoms with Gasteiger partial charge >= 0.3 is 0 Å². The number of fused-ring (bicyclic) bond motifs is 1. The minimum absolute atomic E-state index is 0. The Balaban J connectivity index is 0.00000120. The molecule has 0 spiro atoms. The van der Waals surface area contributed by atoms with E-state index in [2.05, 4.69) is 23.1 Å². The van der Waals surface area contributed by atoms with Gasteiger partial charge in [0, 0.05) is 24.1 Å².